The molecule has 0 atom stereocenters. The first-order valence-corrected chi connectivity index (χ1v) is 24.0. The summed E-state index contributed by atoms with van der Waals surface area (Å²) >= 11 is 0. The van der Waals surface area contributed by atoms with E-state index in [0.717, 1.165) is 66.5 Å². The molecule has 0 saturated heterocycles. The SMILES string of the molecule is c1ccc(-c2cccc3c2oc2c(N(c4ccc(-c5ccc6cc(-c7ccc8ccccc8c7)ccc6c5)cc4)c4ccc5ccc(-c6ccc7ccccc7c6)cc5c4)cc4ccccc4c23)cc1. The van der Waals surface area contributed by atoms with Gasteiger partial charge in [0.25, 0.3) is 0 Å². The van der Waals surface area contributed by atoms with E-state index in [2.05, 4.69) is 266 Å². The molecule has 0 aliphatic carbocycles. The van der Waals surface area contributed by atoms with Crippen molar-refractivity contribution in [1.29, 1.82) is 0 Å². The zero-order chi connectivity index (χ0) is 46.1. The Morgan fingerprint density at radius 3 is 1.31 bits per heavy atom. The molecule has 0 saturated carbocycles. The summed E-state index contributed by atoms with van der Waals surface area (Å²) in [6.07, 6.45) is 0. The molecule has 13 aromatic carbocycles. The van der Waals surface area contributed by atoms with Crippen molar-refractivity contribution in [2.75, 3.05) is 4.90 Å². The van der Waals surface area contributed by atoms with Crippen LogP contribution in [-0.2, 0) is 0 Å². The van der Waals surface area contributed by atoms with E-state index in [4.69, 9.17) is 4.42 Å². The van der Waals surface area contributed by atoms with Crippen molar-refractivity contribution in [3.63, 3.8) is 0 Å². The van der Waals surface area contributed by atoms with Crippen LogP contribution in [0, 0.1) is 0 Å². The Kier molecular flexibility index (Phi) is 9.25. The Balaban J connectivity index is 0.919. The number of anilines is 3. The second-order valence-electron chi connectivity index (χ2n) is 18.5. The molecule has 14 aromatic rings. The Morgan fingerprint density at radius 1 is 0.243 bits per heavy atom. The first kappa shape index (κ1) is 39.9. The summed E-state index contributed by atoms with van der Waals surface area (Å²) < 4.78 is 7.25. The van der Waals surface area contributed by atoms with Crippen LogP contribution in [-0.4, -0.2) is 0 Å². The van der Waals surface area contributed by atoms with Crippen LogP contribution in [0.15, 0.2) is 265 Å². The Bertz CT molecular complexity index is 4350. The normalized spacial score (nSPS) is 11.7. The minimum absolute atomic E-state index is 0.851. The molecule has 0 unspecified atom stereocenters. The molecule has 0 radical (unpaired) electrons. The average molecular weight is 890 g/mol. The first-order valence-electron chi connectivity index (χ1n) is 24.0. The molecule has 70 heavy (non-hydrogen) atoms. The maximum Gasteiger partial charge on any atom is 0.160 e. The predicted octanol–water partition coefficient (Wildman–Crippen LogP) is 19.5. The highest BCUT2D eigenvalue weighted by atomic mass is 16.3. The third-order valence-corrected chi connectivity index (χ3v) is 14.3. The Labute approximate surface area is 405 Å². The van der Waals surface area contributed by atoms with Crippen molar-refractivity contribution in [2.45, 2.75) is 0 Å². The van der Waals surface area contributed by atoms with Gasteiger partial charge in [-0.1, -0.05) is 200 Å². The van der Waals surface area contributed by atoms with E-state index in [1.165, 1.54) is 70.9 Å². The second kappa shape index (κ2) is 16.2. The van der Waals surface area contributed by atoms with Gasteiger partial charge < -0.3 is 9.32 Å². The lowest BCUT2D eigenvalue weighted by Gasteiger charge is -2.27. The van der Waals surface area contributed by atoms with Gasteiger partial charge in [0.2, 0.25) is 0 Å². The van der Waals surface area contributed by atoms with E-state index < -0.39 is 0 Å². The summed E-state index contributed by atoms with van der Waals surface area (Å²) in [5.41, 5.74) is 14.2. The molecule has 0 aliphatic heterocycles. The van der Waals surface area contributed by atoms with Crippen LogP contribution in [0.1, 0.15) is 0 Å². The largest absolute Gasteiger partial charge is 0.453 e. The third-order valence-electron chi connectivity index (χ3n) is 14.3. The fraction of sp³-hybridized carbons (Fsp3) is 0. The van der Waals surface area contributed by atoms with E-state index in [1.807, 2.05) is 0 Å². The standard InChI is InChI=1S/C68H43NO/c1-2-13-48(14-3-1)63-19-10-20-64-66-62-18-9-8-17-58(62)43-65(68(66)70-67(63)64)69(61-36-33-47-23-26-57(41-59(47)42-61)53-25-22-45-12-5-7-16-50(45)38-53)60-34-31-46(32-35-60)51-27-28-55-40-56(30-29-54(55)39-51)52-24-21-44-11-4-6-15-49(44)37-52/h1-43H. The number of fused-ring (bicyclic) bond motifs is 9. The number of nitrogens with zero attached hydrogens (tertiary/aromatic N) is 1. The van der Waals surface area contributed by atoms with Gasteiger partial charge in [0, 0.05) is 27.7 Å². The van der Waals surface area contributed by atoms with Crippen molar-refractivity contribution in [3.8, 4) is 44.5 Å². The molecule has 0 N–H and O–H groups in total. The highest BCUT2D eigenvalue weighted by molar-refractivity contribution is 6.24. The summed E-state index contributed by atoms with van der Waals surface area (Å²) in [5, 5.41) is 14.3. The van der Waals surface area contributed by atoms with E-state index >= 15 is 0 Å². The Hall–Kier alpha value is -9.24. The summed E-state index contributed by atoms with van der Waals surface area (Å²) in [5.74, 6) is 0. The summed E-state index contributed by atoms with van der Waals surface area (Å²) in [4.78, 5) is 2.39. The van der Waals surface area contributed by atoms with E-state index in [1.54, 1.807) is 0 Å². The van der Waals surface area contributed by atoms with Gasteiger partial charge in [0.15, 0.2) is 5.58 Å². The number of rotatable bonds is 7. The summed E-state index contributed by atoms with van der Waals surface area (Å²) in [6.45, 7) is 0. The molecule has 0 bridgehead atoms. The minimum Gasteiger partial charge on any atom is -0.453 e. The van der Waals surface area contributed by atoms with Crippen molar-refractivity contribution in [2.24, 2.45) is 0 Å². The zero-order valence-corrected chi connectivity index (χ0v) is 38.2. The fourth-order valence-electron chi connectivity index (χ4n) is 10.8. The van der Waals surface area contributed by atoms with Gasteiger partial charge in [-0.05, 0) is 153 Å². The average Bonchev–Trinajstić information content (AvgIpc) is 3.83. The number of furan rings is 1. The molecule has 2 nitrogen and oxygen atoms in total. The monoisotopic (exact) mass is 889 g/mol. The van der Waals surface area contributed by atoms with Gasteiger partial charge in [-0.3, -0.25) is 0 Å². The van der Waals surface area contributed by atoms with Crippen molar-refractivity contribution in [3.05, 3.63) is 261 Å². The molecule has 14 rings (SSSR count). The van der Waals surface area contributed by atoms with Gasteiger partial charge >= 0.3 is 0 Å². The molecule has 2 heteroatoms. The summed E-state index contributed by atoms with van der Waals surface area (Å²) in [7, 11) is 0. The lowest BCUT2D eigenvalue weighted by Crippen LogP contribution is -2.10. The predicted molar refractivity (Wildman–Crippen MR) is 298 cm³/mol. The first-order chi connectivity index (χ1) is 34.6. The highest BCUT2D eigenvalue weighted by Gasteiger charge is 2.24. The Morgan fingerprint density at radius 2 is 0.686 bits per heavy atom. The summed E-state index contributed by atoms with van der Waals surface area (Å²) in [6, 6.07) is 95.1. The quantitative estimate of drug-likeness (QED) is 0.159. The van der Waals surface area contributed by atoms with Crippen LogP contribution in [0.3, 0.4) is 0 Å². The smallest absolute Gasteiger partial charge is 0.160 e. The van der Waals surface area contributed by atoms with Crippen LogP contribution in [0.4, 0.5) is 17.1 Å². The second-order valence-corrected chi connectivity index (χ2v) is 18.5. The number of hydrogen-bond acceptors (Lipinski definition) is 2. The van der Waals surface area contributed by atoms with Crippen LogP contribution in [0.5, 0.6) is 0 Å². The third kappa shape index (κ3) is 6.80. The van der Waals surface area contributed by atoms with Gasteiger partial charge in [0.1, 0.15) is 5.58 Å². The van der Waals surface area contributed by atoms with Gasteiger partial charge in [-0.2, -0.15) is 0 Å². The lowest BCUT2D eigenvalue weighted by atomic mass is 9.96. The van der Waals surface area contributed by atoms with E-state index in [0.29, 0.717) is 0 Å². The minimum atomic E-state index is 0.851. The molecule has 1 aromatic heterocycles. The maximum atomic E-state index is 7.25. The molecule has 0 spiro atoms. The van der Waals surface area contributed by atoms with Crippen molar-refractivity contribution >= 4 is 92.9 Å². The highest BCUT2D eigenvalue weighted by Crippen LogP contribution is 2.48. The van der Waals surface area contributed by atoms with Crippen molar-refractivity contribution in [1.82, 2.24) is 0 Å². The molecule has 0 aliphatic rings. The molecule has 1 heterocycles. The van der Waals surface area contributed by atoms with E-state index in [9.17, 15) is 0 Å². The fourth-order valence-corrected chi connectivity index (χ4v) is 10.8. The number of hydrogen-bond donors (Lipinski definition) is 0. The molecule has 0 amide bonds. The lowest BCUT2D eigenvalue weighted by molar-refractivity contribution is 0.670. The van der Waals surface area contributed by atoms with Crippen LogP contribution in [0.25, 0.3) is 120 Å². The van der Waals surface area contributed by atoms with Crippen molar-refractivity contribution < 1.29 is 4.42 Å². The molecular weight excluding hydrogens is 847 g/mol. The van der Waals surface area contributed by atoms with Gasteiger partial charge in [-0.15, -0.1) is 0 Å². The van der Waals surface area contributed by atoms with E-state index in [-0.39, 0.29) is 0 Å². The van der Waals surface area contributed by atoms with Gasteiger partial charge in [0.05, 0.1) is 5.69 Å². The molecule has 326 valence electrons. The van der Waals surface area contributed by atoms with Gasteiger partial charge in [-0.25, -0.2) is 0 Å². The zero-order valence-electron chi connectivity index (χ0n) is 38.2. The topological polar surface area (TPSA) is 16.4 Å². The number of benzene rings is 13. The molecule has 0 fully saturated rings. The molecular formula is C68H43NO. The van der Waals surface area contributed by atoms with Crippen LogP contribution >= 0.6 is 0 Å². The number of para-hydroxylation sites is 1. The van der Waals surface area contributed by atoms with Crippen LogP contribution < -0.4 is 4.90 Å². The maximum absolute atomic E-state index is 7.25. The van der Waals surface area contributed by atoms with Crippen LogP contribution in [0.2, 0.25) is 0 Å².